The summed E-state index contributed by atoms with van der Waals surface area (Å²) < 4.78 is 0. The van der Waals surface area contributed by atoms with Crippen molar-refractivity contribution in [1.82, 2.24) is 5.32 Å². The van der Waals surface area contributed by atoms with Crippen LogP contribution < -0.4 is 5.32 Å². The van der Waals surface area contributed by atoms with Gasteiger partial charge in [-0.05, 0) is 35.9 Å². The molecular formula is C16H23NO2. The standard InChI is InChI=1S/C16H23NO2/c1-16(2,3)11-7-5-10(6-8-11)14(17-4)12-9-13(12)15(18)19/h5-8,12-14,17H,9H2,1-4H3,(H,18,19). The normalized spacial score (nSPS) is 24.0. The lowest BCUT2D eigenvalue weighted by molar-refractivity contribution is -0.138. The molecular weight excluding hydrogens is 238 g/mol. The van der Waals surface area contributed by atoms with Crippen molar-refractivity contribution >= 4 is 5.97 Å². The minimum atomic E-state index is -0.670. The Bertz CT molecular complexity index is 459. The Labute approximate surface area is 115 Å². The molecule has 0 heterocycles. The van der Waals surface area contributed by atoms with Crippen molar-refractivity contribution in [3.8, 4) is 0 Å². The molecule has 0 amide bonds. The van der Waals surface area contributed by atoms with E-state index >= 15 is 0 Å². The number of benzene rings is 1. The van der Waals surface area contributed by atoms with Crippen LogP contribution in [0.1, 0.15) is 44.4 Å². The molecule has 0 radical (unpaired) electrons. The Morgan fingerprint density at radius 2 is 1.89 bits per heavy atom. The van der Waals surface area contributed by atoms with Crippen molar-refractivity contribution in [3.63, 3.8) is 0 Å². The minimum absolute atomic E-state index is 0.148. The van der Waals surface area contributed by atoms with Gasteiger partial charge in [-0.2, -0.15) is 0 Å². The van der Waals surface area contributed by atoms with Gasteiger partial charge in [-0.15, -0.1) is 0 Å². The van der Waals surface area contributed by atoms with E-state index in [1.54, 1.807) is 0 Å². The van der Waals surface area contributed by atoms with Crippen LogP contribution in [0.3, 0.4) is 0 Å². The molecule has 104 valence electrons. The summed E-state index contributed by atoms with van der Waals surface area (Å²) in [6.45, 7) is 6.58. The quantitative estimate of drug-likeness (QED) is 0.876. The van der Waals surface area contributed by atoms with E-state index in [0.717, 1.165) is 6.42 Å². The maximum absolute atomic E-state index is 11.0. The molecule has 1 aromatic carbocycles. The number of carboxylic acid groups (broad SMARTS) is 1. The fourth-order valence-electron chi connectivity index (χ4n) is 2.69. The largest absolute Gasteiger partial charge is 0.481 e. The van der Waals surface area contributed by atoms with Crippen molar-refractivity contribution < 1.29 is 9.90 Å². The van der Waals surface area contributed by atoms with Crippen LogP contribution in [0.5, 0.6) is 0 Å². The van der Waals surface area contributed by atoms with Gasteiger partial charge in [-0.25, -0.2) is 0 Å². The molecule has 1 aromatic rings. The molecule has 1 saturated carbocycles. The van der Waals surface area contributed by atoms with E-state index in [4.69, 9.17) is 5.11 Å². The molecule has 19 heavy (non-hydrogen) atoms. The van der Waals surface area contributed by atoms with Crippen molar-refractivity contribution in [2.45, 2.75) is 38.6 Å². The lowest BCUT2D eigenvalue weighted by atomic mass is 9.86. The van der Waals surface area contributed by atoms with Crippen LogP contribution in [0, 0.1) is 11.8 Å². The molecule has 0 bridgehead atoms. The fourth-order valence-corrected chi connectivity index (χ4v) is 2.69. The summed E-state index contributed by atoms with van der Waals surface area (Å²) in [5, 5.41) is 12.3. The zero-order chi connectivity index (χ0) is 14.2. The first-order valence-electron chi connectivity index (χ1n) is 6.85. The second-order valence-corrected chi connectivity index (χ2v) is 6.48. The molecule has 0 aliphatic heterocycles. The highest BCUT2D eigenvalue weighted by atomic mass is 16.4. The molecule has 2 rings (SSSR count). The van der Waals surface area contributed by atoms with Crippen molar-refractivity contribution in [2.24, 2.45) is 11.8 Å². The predicted molar refractivity (Wildman–Crippen MR) is 76.2 cm³/mol. The highest BCUT2D eigenvalue weighted by Crippen LogP contribution is 2.47. The predicted octanol–water partition coefficient (Wildman–Crippen LogP) is 2.97. The smallest absolute Gasteiger partial charge is 0.306 e. The molecule has 0 saturated heterocycles. The molecule has 2 N–H and O–H groups in total. The Kier molecular flexibility index (Phi) is 3.68. The van der Waals surface area contributed by atoms with Crippen molar-refractivity contribution in [1.29, 1.82) is 0 Å². The number of rotatable bonds is 4. The number of carbonyl (C=O) groups is 1. The minimum Gasteiger partial charge on any atom is -0.481 e. The Balaban J connectivity index is 2.15. The third-order valence-corrected chi connectivity index (χ3v) is 4.03. The van der Waals surface area contributed by atoms with E-state index in [1.807, 2.05) is 7.05 Å². The lowest BCUT2D eigenvalue weighted by Gasteiger charge is -2.21. The summed E-state index contributed by atoms with van der Waals surface area (Å²) in [7, 11) is 1.90. The van der Waals surface area contributed by atoms with E-state index in [0.29, 0.717) is 0 Å². The average Bonchev–Trinajstić information content (AvgIpc) is 3.10. The van der Waals surface area contributed by atoms with Crippen molar-refractivity contribution in [2.75, 3.05) is 7.05 Å². The van der Waals surface area contributed by atoms with Gasteiger partial charge in [0.1, 0.15) is 0 Å². The molecule has 3 unspecified atom stereocenters. The van der Waals surface area contributed by atoms with Gasteiger partial charge >= 0.3 is 5.97 Å². The van der Waals surface area contributed by atoms with E-state index in [9.17, 15) is 4.79 Å². The Morgan fingerprint density at radius 1 is 1.32 bits per heavy atom. The van der Waals surface area contributed by atoms with E-state index in [1.165, 1.54) is 11.1 Å². The van der Waals surface area contributed by atoms with Crippen molar-refractivity contribution in [3.05, 3.63) is 35.4 Å². The van der Waals surface area contributed by atoms with Crippen LogP contribution in [-0.2, 0) is 10.2 Å². The molecule has 0 spiro atoms. The van der Waals surface area contributed by atoms with Crippen LogP contribution in [0.25, 0.3) is 0 Å². The van der Waals surface area contributed by atoms with Gasteiger partial charge in [0.2, 0.25) is 0 Å². The van der Waals surface area contributed by atoms with Gasteiger partial charge in [0.15, 0.2) is 0 Å². The third-order valence-electron chi connectivity index (χ3n) is 4.03. The number of carboxylic acids is 1. The first-order valence-corrected chi connectivity index (χ1v) is 6.85. The zero-order valence-corrected chi connectivity index (χ0v) is 12.1. The fraction of sp³-hybridized carbons (Fsp3) is 0.562. The van der Waals surface area contributed by atoms with Crippen LogP contribution >= 0.6 is 0 Å². The first kappa shape index (κ1) is 14.1. The van der Waals surface area contributed by atoms with Gasteiger partial charge in [0.25, 0.3) is 0 Å². The van der Waals surface area contributed by atoms with Crippen LogP contribution in [-0.4, -0.2) is 18.1 Å². The Morgan fingerprint density at radius 3 is 2.26 bits per heavy atom. The Hall–Kier alpha value is -1.35. The lowest BCUT2D eigenvalue weighted by Crippen LogP contribution is -2.21. The SMILES string of the molecule is CNC(c1ccc(C(C)(C)C)cc1)C1CC1C(=O)O. The van der Waals surface area contributed by atoms with Gasteiger partial charge in [-0.1, -0.05) is 45.0 Å². The number of aliphatic carboxylic acids is 1. The number of nitrogens with one attached hydrogen (secondary N) is 1. The van der Waals surface area contributed by atoms with Crippen LogP contribution in [0.2, 0.25) is 0 Å². The summed E-state index contributed by atoms with van der Waals surface area (Å²) in [6, 6.07) is 8.70. The van der Waals surface area contributed by atoms with E-state index in [-0.39, 0.29) is 23.3 Å². The van der Waals surface area contributed by atoms with Gasteiger partial charge in [0, 0.05) is 6.04 Å². The second-order valence-electron chi connectivity index (χ2n) is 6.48. The molecule has 3 nitrogen and oxygen atoms in total. The third kappa shape index (κ3) is 2.98. The highest BCUT2D eigenvalue weighted by molar-refractivity contribution is 5.73. The first-order chi connectivity index (χ1) is 8.84. The summed E-state index contributed by atoms with van der Waals surface area (Å²) >= 11 is 0. The maximum atomic E-state index is 11.0. The summed E-state index contributed by atoms with van der Waals surface area (Å²) in [5.41, 5.74) is 2.64. The maximum Gasteiger partial charge on any atom is 0.306 e. The topological polar surface area (TPSA) is 49.3 Å². The summed E-state index contributed by atoms with van der Waals surface area (Å²) in [4.78, 5) is 11.0. The summed E-state index contributed by atoms with van der Waals surface area (Å²) in [6.07, 6.45) is 0.780. The molecule has 1 fully saturated rings. The molecule has 3 heteroatoms. The van der Waals surface area contributed by atoms with E-state index in [2.05, 4.69) is 50.4 Å². The summed E-state index contributed by atoms with van der Waals surface area (Å²) in [5.74, 6) is -0.626. The monoisotopic (exact) mass is 261 g/mol. The molecule has 3 atom stereocenters. The van der Waals surface area contributed by atoms with E-state index < -0.39 is 5.97 Å². The molecule has 1 aliphatic rings. The van der Waals surface area contributed by atoms with Gasteiger partial charge in [0.05, 0.1) is 5.92 Å². The van der Waals surface area contributed by atoms with Crippen LogP contribution in [0.4, 0.5) is 0 Å². The van der Waals surface area contributed by atoms with Gasteiger partial charge < -0.3 is 10.4 Å². The highest BCUT2D eigenvalue weighted by Gasteiger charge is 2.47. The zero-order valence-electron chi connectivity index (χ0n) is 12.1. The van der Waals surface area contributed by atoms with Crippen LogP contribution in [0.15, 0.2) is 24.3 Å². The number of hydrogen-bond donors (Lipinski definition) is 2. The average molecular weight is 261 g/mol. The molecule has 0 aromatic heterocycles. The van der Waals surface area contributed by atoms with Gasteiger partial charge in [-0.3, -0.25) is 4.79 Å². The number of hydrogen-bond acceptors (Lipinski definition) is 2. The second kappa shape index (κ2) is 4.97. The molecule has 1 aliphatic carbocycles.